The predicted molar refractivity (Wildman–Crippen MR) is 108 cm³/mol. The second kappa shape index (κ2) is 9.63. The van der Waals surface area contributed by atoms with Crippen LogP contribution in [0.1, 0.15) is 42.6 Å². The molecule has 1 aromatic carbocycles. The van der Waals surface area contributed by atoms with Crippen molar-refractivity contribution in [2.24, 2.45) is 11.7 Å². The standard InChI is InChI=1S/C20H26N2O7.ClH/c1-9(2)6-12(22-19(26)17(25)18-11(21)8-15(24)29-18)14-7-10-4-3-5-13(23)16(10)20(27)28-14;/h3-5,9,11-12,14,17-18,23,25H,6-8,21H2,1-2H3,(H,22,26);1H/t11?,12-,14-,17?,18?;/m0./s1. The quantitative estimate of drug-likeness (QED) is 0.463. The summed E-state index contributed by atoms with van der Waals surface area (Å²) in [7, 11) is 0. The average molecular weight is 443 g/mol. The van der Waals surface area contributed by atoms with Gasteiger partial charge < -0.3 is 30.7 Å². The number of hydrogen-bond acceptors (Lipinski definition) is 8. The number of carbonyl (C=O) groups excluding carboxylic acids is 3. The third kappa shape index (κ3) is 5.03. The molecule has 1 amide bonds. The zero-order chi connectivity index (χ0) is 21.3. The molecule has 2 aliphatic rings. The summed E-state index contributed by atoms with van der Waals surface area (Å²) in [5.74, 6) is -1.96. The third-order valence-electron chi connectivity index (χ3n) is 5.19. The van der Waals surface area contributed by atoms with Crippen molar-refractivity contribution in [2.45, 2.75) is 63.5 Å². The molecule has 2 heterocycles. The minimum Gasteiger partial charge on any atom is -0.507 e. The van der Waals surface area contributed by atoms with Crippen molar-refractivity contribution in [1.29, 1.82) is 0 Å². The van der Waals surface area contributed by atoms with E-state index < -0.39 is 48.2 Å². The largest absolute Gasteiger partial charge is 0.507 e. The number of aliphatic hydroxyl groups excluding tert-OH is 1. The number of aliphatic hydroxyl groups is 1. The molecule has 10 heteroatoms. The number of carbonyl (C=O) groups is 3. The molecule has 3 unspecified atom stereocenters. The van der Waals surface area contributed by atoms with Crippen molar-refractivity contribution < 1.29 is 34.1 Å². The maximum Gasteiger partial charge on any atom is 0.342 e. The molecule has 0 radical (unpaired) electrons. The van der Waals surface area contributed by atoms with Crippen LogP contribution in [0.4, 0.5) is 0 Å². The number of benzene rings is 1. The maximum atomic E-state index is 12.6. The van der Waals surface area contributed by atoms with Crippen LogP contribution in [0.5, 0.6) is 5.75 Å². The Morgan fingerprint density at radius 2 is 1.97 bits per heavy atom. The molecular weight excluding hydrogens is 416 g/mol. The lowest BCUT2D eigenvalue weighted by Crippen LogP contribution is -2.55. The summed E-state index contributed by atoms with van der Waals surface area (Å²) in [6, 6.07) is 3.43. The molecule has 0 aliphatic carbocycles. The van der Waals surface area contributed by atoms with E-state index in [0.717, 1.165) is 0 Å². The molecule has 166 valence electrons. The predicted octanol–water partition coefficient (Wildman–Crippen LogP) is 0.430. The van der Waals surface area contributed by atoms with Crippen LogP contribution in [0.2, 0.25) is 0 Å². The number of amides is 1. The second-order valence-corrected chi connectivity index (χ2v) is 7.97. The van der Waals surface area contributed by atoms with Gasteiger partial charge in [-0.25, -0.2) is 4.79 Å². The van der Waals surface area contributed by atoms with Crippen LogP contribution in [0.3, 0.4) is 0 Å². The minimum absolute atomic E-state index is 0. The monoisotopic (exact) mass is 442 g/mol. The fraction of sp³-hybridized carbons (Fsp3) is 0.550. The van der Waals surface area contributed by atoms with E-state index in [0.29, 0.717) is 18.4 Å². The van der Waals surface area contributed by atoms with Gasteiger partial charge in [0.25, 0.3) is 5.91 Å². The molecule has 0 spiro atoms. The van der Waals surface area contributed by atoms with Gasteiger partial charge in [-0.1, -0.05) is 26.0 Å². The Labute approximate surface area is 180 Å². The molecule has 2 aliphatic heterocycles. The van der Waals surface area contributed by atoms with Crippen LogP contribution >= 0.6 is 12.4 Å². The van der Waals surface area contributed by atoms with Gasteiger partial charge in [0.15, 0.2) is 12.2 Å². The second-order valence-electron chi connectivity index (χ2n) is 7.97. The number of nitrogens with one attached hydrogen (secondary N) is 1. The Hall–Kier alpha value is -2.36. The molecular formula is C20H27ClN2O7. The van der Waals surface area contributed by atoms with Crippen LogP contribution in [0, 0.1) is 5.92 Å². The number of phenols is 1. The van der Waals surface area contributed by atoms with E-state index in [9.17, 15) is 24.6 Å². The SMILES string of the molecule is CC(C)C[C@H](NC(=O)C(O)C1OC(=O)CC1N)[C@@H]1Cc2cccc(O)c2C(=O)O1.Cl. The molecule has 0 saturated carbocycles. The Morgan fingerprint density at radius 1 is 1.27 bits per heavy atom. The highest BCUT2D eigenvalue weighted by molar-refractivity contribution is 5.95. The summed E-state index contributed by atoms with van der Waals surface area (Å²) in [5, 5.41) is 23.0. The first-order chi connectivity index (χ1) is 13.7. The van der Waals surface area contributed by atoms with Gasteiger partial charge in [-0.2, -0.15) is 0 Å². The molecule has 5 N–H and O–H groups in total. The summed E-state index contributed by atoms with van der Waals surface area (Å²) in [6.45, 7) is 3.91. The van der Waals surface area contributed by atoms with Crippen molar-refractivity contribution in [3.63, 3.8) is 0 Å². The minimum atomic E-state index is -1.62. The van der Waals surface area contributed by atoms with Crippen LogP contribution in [-0.4, -0.2) is 58.5 Å². The van der Waals surface area contributed by atoms with Gasteiger partial charge in [0.05, 0.1) is 18.5 Å². The fourth-order valence-corrected chi connectivity index (χ4v) is 3.79. The molecule has 3 rings (SSSR count). The van der Waals surface area contributed by atoms with Crippen LogP contribution < -0.4 is 11.1 Å². The lowest BCUT2D eigenvalue weighted by Gasteiger charge is -2.33. The van der Waals surface area contributed by atoms with E-state index in [2.05, 4.69) is 5.32 Å². The first-order valence-corrected chi connectivity index (χ1v) is 9.62. The van der Waals surface area contributed by atoms with Gasteiger partial charge in [0.2, 0.25) is 0 Å². The summed E-state index contributed by atoms with van der Waals surface area (Å²) in [4.78, 5) is 36.4. The zero-order valence-electron chi connectivity index (χ0n) is 16.7. The highest BCUT2D eigenvalue weighted by atomic mass is 35.5. The molecule has 9 nitrogen and oxygen atoms in total. The topological polar surface area (TPSA) is 148 Å². The summed E-state index contributed by atoms with van der Waals surface area (Å²) in [5.41, 5.74) is 6.52. The Morgan fingerprint density at radius 3 is 2.57 bits per heavy atom. The van der Waals surface area contributed by atoms with Gasteiger partial charge in [0, 0.05) is 6.42 Å². The summed E-state index contributed by atoms with van der Waals surface area (Å²) >= 11 is 0. The molecule has 0 aromatic heterocycles. The third-order valence-corrected chi connectivity index (χ3v) is 5.19. The zero-order valence-corrected chi connectivity index (χ0v) is 17.6. The number of hydrogen-bond donors (Lipinski definition) is 4. The summed E-state index contributed by atoms with van der Waals surface area (Å²) < 4.78 is 10.4. The number of halogens is 1. The van der Waals surface area contributed by atoms with E-state index in [1.54, 1.807) is 12.1 Å². The van der Waals surface area contributed by atoms with Crippen molar-refractivity contribution in [1.82, 2.24) is 5.32 Å². The number of ether oxygens (including phenoxy) is 2. The lowest BCUT2D eigenvalue weighted by atomic mass is 9.90. The van der Waals surface area contributed by atoms with E-state index in [-0.39, 0.29) is 36.1 Å². The number of rotatable bonds is 6. The van der Waals surface area contributed by atoms with Gasteiger partial charge in [0.1, 0.15) is 17.4 Å². The summed E-state index contributed by atoms with van der Waals surface area (Å²) in [6.07, 6.45) is -2.68. The number of fused-ring (bicyclic) bond motifs is 1. The van der Waals surface area contributed by atoms with Crippen LogP contribution in [0.25, 0.3) is 0 Å². The first-order valence-electron chi connectivity index (χ1n) is 9.62. The number of nitrogens with two attached hydrogens (primary N) is 1. The van der Waals surface area contributed by atoms with Gasteiger partial charge in [-0.05, 0) is 24.0 Å². The number of esters is 2. The van der Waals surface area contributed by atoms with Gasteiger partial charge in [-0.3, -0.25) is 9.59 Å². The molecule has 5 atom stereocenters. The molecule has 1 aromatic rings. The normalized spacial score (nSPS) is 24.9. The number of cyclic esters (lactones) is 2. The van der Waals surface area contributed by atoms with Gasteiger partial charge in [-0.15, -0.1) is 12.4 Å². The molecule has 0 bridgehead atoms. The van der Waals surface area contributed by atoms with Gasteiger partial charge >= 0.3 is 11.9 Å². The van der Waals surface area contributed by atoms with Crippen LogP contribution in [0.15, 0.2) is 18.2 Å². The smallest absolute Gasteiger partial charge is 0.342 e. The van der Waals surface area contributed by atoms with Crippen molar-refractivity contribution in [3.05, 3.63) is 29.3 Å². The fourth-order valence-electron chi connectivity index (χ4n) is 3.79. The molecule has 30 heavy (non-hydrogen) atoms. The van der Waals surface area contributed by atoms with Crippen molar-refractivity contribution in [2.75, 3.05) is 0 Å². The maximum absolute atomic E-state index is 12.6. The lowest BCUT2D eigenvalue weighted by molar-refractivity contribution is -0.150. The van der Waals surface area contributed by atoms with Crippen molar-refractivity contribution in [3.8, 4) is 5.75 Å². The Kier molecular flexibility index (Phi) is 7.68. The molecule has 1 saturated heterocycles. The van der Waals surface area contributed by atoms with E-state index >= 15 is 0 Å². The number of aromatic hydroxyl groups is 1. The highest BCUT2D eigenvalue weighted by Crippen LogP contribution is 2.30. The van der Waals surface area contributed by atoms with E-state index in [1.807, 2.05) is 13.8 Å². The Balaban J connectivity index is 0.00000320. The Bertz CT molecular complexity index is 816. The van der Waals surface area contributed by atoms with Crippen LogP contribution in [-0.2, 0) is 25.5 Å². The van der Waals surface area contributed by atoms with E-state index in [4.69, 9.17) is 15.2 Å². The first kappa shape index (κ1) is 23.9. The van der Waals surface area contributed by atoms with E-state index in [1.165, 1.54) is 6.07 Å². The number of phenolic OH excluding ortho intramolecular Hbond substituents is 1. The highest BCUT2D eigenvalue weighted by Gasteiger charge is 2.42. The van der Waals surface area contributed by atoms with Crippen molar-refractivity contribution >= 4 is 30.3 Å². The average Bonchev–Trinajstić information content (AvgIpc) is 2.97. The molecule has 1 fully saturated rings.